The number of nitrogens with one attached hydrogen (secondary N) is 1. The van der Waals surface area contributed by atoms with E-state index in [-0.39, 0.29) is 11.8 Å². The summed E-state index contributed by atoms with van der Waals surface area (Å²) in [7, 11) is 0. The number of nitrogens with zero attached hydrogens (tertiary/aromatic N) is 1. The molecule has 3 rings (SSSR count). The molecule has 26 heavy (non-hydrogen) atoms. The van der Waals surface area contributed by atoms with Gasteiger partial charge < -0.3 is 10.2 Å². The molecule has 2 aromatic rings. The Morgan fingerprint density at radius 2 is 1.77 bits per heavy atom. The van der Waals surface area contributed by atoms with Gasteiger partial charge >= 0.3 is 0 Å². The Hall–Kier alpha value is -1.75. The quantitative estimate of drug-likeness (QED) is 0.755. The second-order valence-electron chi connectivity index (χ2n) is 6.23. The van der Waals surface area contributed by atoms with Crippen molar-refractivity contribution in [2.24, 2.45) is 0 Å². The van der Waals surface area contributed by atoms with Crippen molar-refractivity contribution < 1.29 is 9.59 Å². The van der Waals surface area contributed by atoms with Gasteiger partial charge in [-0.25, -0.2) is 0 Å². The largest absolute Gasteiger partial charge is 0.327 e. The van der Waals surface area contributed by atoms with E-state index in [9.17, 15) is 9.59 Å². The summed E-state index contributed by atoms with van der Waals surface area (Å²) in [6, 6.07) is 9.44. The van der Waals surface area contributed by atoms with Gasteiger partial charge in [0, 0.05) is 22.3 Å². The van der Waals surface area contributed by atoms with Crippen molar-refractivity contribution in [3.05, 3.63) is 62.6 Å². The first-order chi connectivity index (χ1) is 12.4. The van der Waals surface area contributed by atoms with Crippen molar-refractivity contribution in [3.8, 4) is 0 Å². The Morgan fingerprint density at radius 1 is 1.08 bits per heavy atom. The number of benzene rings is 2. The van der Waals surface area contributed by atoms with Crippen LogP contribution >= 0.6 is 34.8 Å². The number of amides is 2. The molecule has 4 nitrogen and oxygen atoms in total. The Balaban J connectivity index is 1.80. The van der Waals surface area contributed by atoms with E-state index in [1.165, 1.54) is 6.07 Å². The van der Waals surface area contributed by atoms with E-state index in [4.69, 9.17) is 34.8 Å². The molecule has 136 valence electrons. The molecule has 0 aliphatic carbocycles. The molecule has 0 radical (unpaired) electrons. The van der Waals surface area contributed by atoms with Gasteiger partial charge in [-0.2, -0.15) is 0 Å². The lowest BCUT2D eigenvalue weighted by Gasteiger charge is -2.25. The molecule has 0 aromatic heterocycles. The first-order valence-corrected chi connectivity index (χ1v) is 9.33. The molecule has 1 unspecified atom stereocenters. The van der Waals surface area contributed by atoms with Gasteiger partial charge in [0.2, 0.25) is 5.91 Å². The van der Waals surface area contributed by atoms with E-state index in [0.29, 0.717) is 39.3 Å². The normalized spacial score (nSPS) is 16.6. The van der Waals surface area contributed by atoms with Crippen molar-refractivity contribution in [2.45, 2.75) is 25.8 Å². The fourth-order valence-corrected chi connectivity index (χ4v) is 3.68. The lowest BCUT2D eigenvalue weighted by molar-refractivity contribution is -0.119. The van der Waals surface area contributed by atoms with Gasteiger partial charge in [-0.3, -0.25) is 9.59 Å². The molecular weight excluding hydrogens is 395 g/mol. The molecule has 1 fully saturated rings. The maximum atomic E-state index is 12.9. The number of halogens is 3. The Bertz CT molecular complexity index is 870. The van der Waals surface area contributed by atoms with E-state index >= 15 is 0 Å². The number of hydrogen-bond acceptors (Lipinski definition) is 2. The highest BCUT2D eigenvalue weighted by Crippen LogP contribution is 2.27. The number of carbonyl (C=O) groups is 2. The summed E-state index contributed by atoms with van der Waals surface area (Å²) in [6.45, 7) is 2.37. The Labute approximate surface area is 167 Å². The minimum absolute atomic E-state index is 0.223. The maximum Gasteiger partial charge on any atom is 0.256 e. The molecule has 1 heterocycles. The zero-order valence-corrected chi connectivity index (χ0v) is 16.3. The van der Waals surface area contributed by atoms with Crippen molar-refractivity contribution in [3.63, 3.8) is 0 Å². The average molecular weight is 412 g/mol. The Kier molecular flexibility index (Phi) is 5.76. The molecule has 2 amide bonds. The summed E-state index contributed by atoms with van der Waals surface area (Å²) in [4.78, 5) is 27.2. The molecule has 0 bridgehead atoms. The van der Waals surface area contributed by atoms with Crippen LogP contribution < -0.4 is 5.32 Å². The van der Waals surface area contributed by atoms with E-state index in [1.54, 1.807) is 35.2 Å². The molecule has 2 aromatic carbocycles. The molecule has 0 spiro atoms. The molecule has 1 atom stereocenters. The highest BCUT2D eigenvalue weighted by molar-refractivity contribution is 6.35. The highest BCUT2D eigenvalue weighted by atomic mass is 35.5. The van der Waals surface area contributed by atoms with Crippen LogP contribution in [0.2, 0.25) is 15.1 Å². The monoisotopic (exact) mass is 410 g/mol. The maximum absolute atomic E-state index is 12.9. The van der Waals surface area contributed by atoms with E-state index in [0.717, 1.165) is 12.0 Å². The van der Waals surface area contributed by atoms with Gasteiger partial charge in [-0.05, 0) is 61.7 Å². The lowest BCUT2D eigenvalue weighted by atomic mass is 10.1. The molecule has 0 saturated carbocycles. The summed E-state index contributed by atoms with van der Waals surface area (Å²) in [6.07, 6.45) is 1.35. The fraction of sp³-hybridized carbons (Fsp3) is 0.263. The van der Waals surface area contributed by atoms with Gasteiger partial charge in [0.15, 0.2) is 0 Å². The smallest absolute Gasteiger partial charge is 0.256 e. The van der Waals surface area contributed by atoms with Gasteiger partial charge in [0.1, 0.15) is 6.04 Å². The zero-order valence-electron chi connectivity index (χ0n) is 14.1. The fourth-order valence-electron chi connectivity index (χ4n) is 3.08. The van der Waals surface area contributed by atoms with Crippen LogP contribution in [0.3, 0.4) is 0 Å². The second kappa shape index (κ2) is 7.87. The predicted molar refractivity (Wildman–Crippen MR) is 105 cm³/mol. The summed E-state index contributed by atoms with van der Waals surface area (Å²) >= 11 is 18.1. The molecule has 1 aliphatic heterocycles. The number of hydrogen-bond donors (Lipinski definition) is 1. The number of rotatable bonds is 3. The van der Waals surface area contributed by atoms with E-state index < -0.39 is 6.04 Å². The summed E-state index contributed by atoms with van der Waals surface area (Å²) in [5.74, 6) is -0.512. The van der Waals surface area contributed by atoms with Crippen molar-refractivity contribution in [1.82, 2.24) is 4.90 Å². The first kappa shape index (κ1) is 19.0. The van der Waals surface area contributed by atoms with Crippen LogP contribution in [0.5, 0.6) is 0 Å². The highest BCUT2D eigenvalue weighted by Gasteiger charge is 2.35. The topological polar surface area (TPSA) is 49.4 Å². The number of carbonyl (C=O) groups excluding carboxylic acids is 2. The average Bonchev–Trinajstić information content (AvgIpc) is 3.08. The number of anilines is 1. The third-order valence-electron chi connectivity index (χ3n) is 4.42. The van der Waals surface area contributed by atoms with Gasteiger partial charge in [0.05, 0.1) is 10.6 Å². The van der Waals surface area contributed by atoms with Crippen LogP contribution in [0.25, 0.3) is 0 Å². The minimum Gasteiger partial charge on any atom is -0.327 e. The van der Waals surface area contributed by atoms with Crippen LogP contribution in [0.15, 0.2) is 36.4 Å². The SMILES string of the molecule is Cc1cc(Cl)ccc1NC(=O)C1CCCN1C(=O)c1cc(Cl)ccc1Cl. The summed E-state index contributed by atoms with van der Waals surface area (Å²) in [5.41, 5.74) is 1.85. The minimum atomic E-state index is -0.548. The number of likely N-dealkylation sites (tertiary alicyclic amines) is 1. The van der Waals surface area contributed by atoms with Gasteiger partial charge in [-0.15, -0.1) is 0 Å². The van der Waals surface area contributed by atoms with Crippen LogP contribution in [-0.2, 0) is 4.79 Å². The third-order valence-corrected chi connectivity index (χ3v) is 5.22. The van der Waals surface area contributed by atoms with Crippen LogP contribution in [0.1, 0.15) is 28.8 Å². The third kappa shape index (κ3) is 3.98. The van der Waals surface area contributed by atoms with Crippen molar-refractivity contribution in [2.75, 3.05) is 11.9 Å². The standard InChI is InChI=1S/C19H17Cl3N2O2/c1-11-9-12(20)5-7-16(11)23-18(25)17-3-2-8-24(17)19(26)14-10-13(21)4-6-15(14)22/h4-7,9-10,17H,2-3,8H2,1H3,(H,23,25). The van der Waals surface area contributed by atoms with Crippen molar-refractivity contribution >= 4 is 52.3 Å². The first-order valence-electron chi connectivity index (χ1n) is 8.20. The molecule has 1 N–H and O–H groups in total. The summed E-state index contributed by atoms with van der Waals surface area (Å²) in [5, 5.41) is 4.24. The molecular formula is C19H17Cl3N2O2. The van der Waals surface area contributed by atoms with E-state index in [1.807, 2.05) is 6.92 Å². The van der Waals surface area contributed by atoms with Gasteiger partial charge in [0.25, 0.3) is 5.91 Å². The molecule has 1 saturated heterocycles. The zero-order chi connectivity index (χ0) is 18.8. The van der Waals surface area contributed by atoms with E-state index in [2.05, 4.69) is 5.32 Å². The van der Waals surface area contributed by atoms with Crippen LogP contribution in [-0.4, -0.2) is 29.3 Å². The summed E-state index contributed by atoms with van der Waals surface area (Å²) < 4.78 is 0. The van der Waals surface area contributed by atoms with Crippen LogP contribution in [0.4, 0.5) is 5.69 Å². The molecule has 1 aliphatic rings. The second-order valence-corrected chi connectivity index (χ2v) is 7.51. The van der Waals surface area contributed by atoms with Gasteiger partial charge in [-0.1, -0.05) is 34.8 Å². The van der Waals surface area contributed by atoms with Crippen LogP contribution in [0, 0.1) is 6.92 Å². The van der Waals surface area contributed by atoms with Crippen molar-refractivity contribution in [1.29, 1.82) is 0 Å². The lowest BCUT2D eigenvalue weighted by Crippen LogP contribution is -2.43. The molecule has 7 heteroatoms. The predicted octanol–water partition coefficient (Wildman–Crippen LogP) is 5.20. The Morgan fingerprint density at radius 3 is 2.50 bits per heavy atom. The number of aryl methyl sites for hydroxylation is 1.